The molecule has 0 bridgehead atoms. The van der Waals surface area contributed by atoms with Gasteiger partial charge in [-0.15, -0.1) is 0 Å². The van der Waals surface area contributed by atoms with Gasteiger partial charge >= 0.3 is 5.97 Å². The minimum Gasteiger partial charge on any atom is -0.461 e. The van der Waals surface area contributed by atoms with E-state index in [0.29, 0.717) is 5.57 Å². The van der Waals surface area contributed by atoms with Gasteiger partial charge in [0.25, 0.3) is 0 Å². The number of ether oxygens (including phenoxy) is 1. The van der Waals surface area contributed by atoms with E-state index in [1.165, 1.54) is 6.07 Å². The third kappa shape index (κ3) is 3.57. The molecule has 0 aromatic carbocycles. The number of carbonyl (C=O) groups excluding carboxylic acids is 1. The van der Waals surface area contributed by atoms with Crippen LogP contribution in [-0.2, 0) is 9.53 Å². The number of halogens is 2. The highest BCUT2D eigenvalue weighted by Crippen LogP contribution is 2.18. The maximum absolute atomic E-state index is 11.4. The van der Waals surface area contributed by atoms with Crippen LogP contribution in [0.3, 0.4) is 0 Å². The average molecular weight is 276 g/mol. The van der Waals surface area contributed by atoms with Gasteiger partial charge in [-0.25, -0.2) is 14.8 Å². The third-order valence-corrected chi connectivity index (χ3v) is 2.29. The minimum absolute atomic E-state index is 0.0646. The molecular weight excluding hydrogens is 265 g/mol. The van der Waals surface area contributed by atoms with Gasteiger partial charge in [0.05, 0.1) is 6.61 Å². The number of aromatic nitrogens is 2. The van der Waals surface area contributed by atoms with E-state index in [1.54, 1.807) is 13.8 Å². The van der Waals surface area contributed by atoms with Crippen molar-refractivity contribution in [2.24, 2.45) is 5.73 Å². The monoisotopic (exact) mass is 275 g/mol. The fraction of sp³-hybridized carbons (Fsp3) is 0.300. The molecule has 1 heterocycles. The Morgan fingerprint density at radius 1 is 1.41 bits per heavy atom. The zero-order valence-corrected chi connectivity index (χ0v) is 10.8. The molecule has 0 saturated heterocycles. The highest BCUT2D eigenvalue weighted by Gasteiger charge is 2.14. The first-order valence-corrected chi connectivity index (χ1v) is 5.55. The molecule has 1 aromatic heterocycles. The summed E-state index contributed by atoms with van der Waals surface area (Å²) in [5.74, 6) is -0.419. The molecule has 1 aromatic rings. The predicted molar refractivity (Wildman–Crippen MR) is 65.5 cm³/mol. The number of allylic oxidation sites excluding steroid dienone is 1. The smallest absolute Gasteiger partial charge is 0.354 e. The lowest BCUT2D eigenvalue weighted by Gasteiger charge is -2.06. The first-order chi connectivity index (χ1) is 7.95. The predicted octanol–water partition coefficient (Wildman–Crippen LogP) is 2.04. The van der Waals surface area contributed by atoms with E-state index < -0.39 is 5.97 Å². The summed E-state index contributed by atoms with van der Waals surface area (Å²) in [5, 5.41) is 0.354. The van der Waals surface area contributed by atoms with E-state index in [9.17, 15) is 4.79 Å². The van der Waals surface area contributed by atoms with Crippen LogP contribution in [0.5, 0.6) is 0 Å². The number of nitrogens with two attached hydrogens (primary N) is 1. The van der Waals surface area contributed by atoms with Gasteiger partial charge in [0, 0.05) is 11.6 Å². The van der Waals surface area contributed by atoms with Crippen LogP contribution in [0.4, 0.5) is 0 Å². The molecule has 0 radical (unpaired) electrons. The number of hydrogen-bond donors (Lipinski definition) is 1. The Kier molecular flexibility index (Phi) is 4.72. The Morgan fingerprint density at radius 3 is 2.41 bits per heavy atom. The van der Waals surface area contributed by atoms with Crippen LogP contribution in [0.15, 0.2) is 11.8 Å². The standard InChI is InChI=1S/C10H11Cl2N3O2/c1-3-17-10(16)8(13)5(2)9-14-6(11)4-7(12)15-9/h4H,3,13H2,1-2H3/b8-5-. The lowest BCUT2D eigenvalue weighted by Crippen LogP contribution is -2.17. The zero-order valence-electron chi connectivity index (χ0n) is 9.33. The summed E-state index contributed by atoms with van der Waals surface area (Å²) in [6, 6.07) is 1.39. The van der Waals surface area contributed by atoms with Gasteiger partial charge in [-0.2, -0.15) is 0 Å². The third-order valence-electron chi connectivity index (χ3n) is 1.90. The van der Waals surface area contributed by atoms with Crippen molar-refractivity contribution < 1.29 is 9.53 Å². The van der Waals surface area contributed by atoms with Crippen molar-refractivity contribution in [3.05, 3.63) is 27.9 Å². The summed E-state index contributed by atoms with van der Waals surface area (Å²) in [6.07, 6.45) is 0. The summed E-state index contributed by atoms with van der Waals surface area (Å²) < 4.78 is 4.76. The first kappa shape index (κ1) is 13.7. The Balaban J connectivity index is 3.13. The van der Waals surface area contributed by atoms with E-state index in [0.717, 1.165) is 0 Å². The summed E-state index contributed by atoms with van der Waals surface area (Å²) in [4.78, 5) is 19.2. The van der Waals surface area contributed by atoms with Crippen molar-refractivity contribution in [2.45, 2.75) is 13.8 Å². The summed E-state index contributed by atoms with van der Waals surface area (Å²) in [6.45, 7) is 3.52. The largest absolute Gasteiger partial charge is 0.461 e. The quantitative estimate of drug-likeness (QED) is 0.519. The normalized spacial score (nSPS) is 12.0. The zero-order chi connectivity index (χ0) is 13.0. The molecule has 0 aliphatic heterocycles. The molecule has 0 unspecified atom stereocenters. The molecule has 0 amide bonds. The highest BCUT2D eigenvalue weighted by atomic mass is 35.5. The molecule has 5 nitrogen and oxygen atoms in total. The molecule has 0 saturated carbocycles. The Bertz CT molecular complexity index is 454. The summed E-state index contributed by atoms with van der Waals surface area (Å²) in [5.41, 5.74) is 5.92. The fourth-order valence-corrected chi connectivity index (χ4v) is 1.46. The molecular formula is C10H11Cl2N3O2. The number of hydrogen-bond acceptors (Lipinski definition) is 5. The van der Waals surface area contributed by atoms with Crippen LogP contribution in [0.25, 0.3) is 5.57 Å². The van der Waals surface area contributed by atoms with Crippen LogP contribution in [-0.4, -0.2) is 22.5 Å². The van der Waals surface area contributed by atoms with Crippen LogP contribution in [0.2, 0.25) is 10.3 Å². The average Bonchev–Trinajstić information content (AvgIpc) is 2.26. The Morgan fingerprint density at radius 2 is 1.94 bits per heavy atom. The van der Waals surface area contributed by atoms with Crippen LogP contribution in [0, 0.1) is 0 Å². The van der Waals surface area contributed by atoms with Crippen LogP contribution in [0.1, 0.15) is 19.7 Å². The van der Waals surface area contributed by atoms with Crippen molar-refractivity contribution >= 4 is 34.7 Å². The van der Waals surface area contributed by atoms with Gasteiger partial charge in [0.2, 0.25) is 0 Å². The summed E-state index contributed by atoms with van der Waals surface area (Å²) >= 11 is 11.4. The van der Waals surface area contributed by atoms with Gasteiger partial charge in [-0.1, -0.05) is 23.2 Å². The maximum Gasteiger partial charge on any atom is 0.354 e. The lowest BCUT2D eigenvalue weighted by atomic mass is 10.2. The fourth-order valence-electron chi connectivity index (χ4n) is 1.04. The second-order valence-electron chi connectivity index (χ2n) is 3.10. The topological polar surface area (TPSA) is 78.1 Å². The highest BCUT2D eigenvalue weighted by molar-refractivity contribution is 6.33. The van der Waals surface area contributed by atoms with Crippen molar-refractivity contribution in [1.82, 2.24) is 9.97 Å². The molecule has 92 valence electrons. The Hall–Kier alpha value is -1.33. The lowest BCUT2D eigenvalue weighted by molar-refractivity contribution is -0.138. The Labute approximate surface area is 109 Å². The second kappa shape index (κ2) is 5.84. The number of esters is 1. The van der Waals surface area contributed by atoms with Crippen molar-refractivity contribution in [1.29, 1.82) is 0 Å². The molecule has 1 rings (SSSR count). The molecule has 0 fully saturated rings. The molecule has 0 aliphatic carbocycles. The van der Waals surface area contributed by atoms with E-state index in [2.05, 4.69) is 9.97 Å². The van der Waals surface area contributed by atoms with Gasteiger partial charge in [0.15, 0.2) is 5.82 Å². The van der Waals surface area contributed by atoms with Gasteiger partial charge in [-0.3, -0.25) is 0 Å². The molecule has 2 N–H and O–H groups in total. The van der Waals surface area contributed by atoms with E-state index >= 15 is 0 Å². The number of rotatable bonds is 3. The van der Waals surface area contributed by atoms with Gasteiger partial charge in [-0.05, 0) is 13.8 Å². The van der Waals surface area contributed by atoms with Crippen molar-refractivity contribution in [3.63, 3.8) is 0 Å². The first-order valence-electron chi connectivity index (χ1n) is 4.79. The maximum atomic E-state index is 11.4. The van der Waals surface area contributed by atoms with Crippen LogP contribution < -0.4 is 5.73 Å². The van der Waals surface area contributed by atoms with Crippen molar-refractivity contribution in [3.8, 4) is 0 Å². The second-order valence-corrected chi connectivity index (χ2v) is 3.87. The van der Waals surface area contributed by atoms with Crippen LogP contribution >= 0.6 is 23.2 Å². The van der Waals surface area contributed by atoms with Gasteiger partial charge < -0.3 is 10.5 Å². The molecule has 0 spiro atoms. The minimum atomic E-state index is -0.621. The van der Waals surface area contributed by atoms with E-state index in [4.69, 9.17) is 33.7 Å². The SMILES string of the molecule is CCOC(=O)/C(N)=C(\C)c1nc(Cl)cc(Cl)n1. The number of carbonyl (C=O) groups is 1. The molecule has 0 atom stereocenters. The molecule has 17 heavy (non-hydrogen) atoms. The number of nitrogens with zero attached hydrogens (tertiary/aromatic N) is 2. The van der Waals surface area contributed by atoms with Crippen molar-refractivity contribution in [2.75, 3.05) is 6.61 Å². The molecule has 7 heteroatoms. The van der Waals surface area contributed by atoms with E-state index in [-0.39, 0.29) is 28.4 Å². The van der Waals surface area contributed by atoms with Gasteiger partial charge in [0.1, 0.15) is 16.0 Å². The molecule has 0 aliphatic rings. The summed E-state index contributed by atoms with van der Waals surface area (Å²) in [7, 11) is 0. The van der Waals surface area contributed by atoms with E-state index in [1.807, 2.05) is 0 Å².